The highest BCUT2D eigenvalue weighted by Gasteiger charge is 2.14. The maximum atomic E-state index is 6.42. The summed E-state index contributed by atoms with van der Waals surface area (Å²) in [5.41, 5.74) is 3.51. The topological polar surface area (TPSA) is 21.3 Å². The molecule has 0 heterocycles. The second kappa shape index (κ2) is 6.78. The lowest BCUT2D eigenvalue weighted by Crippen LogP contribution is -2.19. The van der Waals surface area contributed by atoms with E-state index in [1.165, 1.54) is 5.56 Å². The van der Waals surface area contributed by atoms with Gasteiger partial charge in [0.05, 0.1) is 7.11 Å². The van der Waals surface area contributed by atoms with Crippen molar-refractivity contribution in [3.05, 3.63) is 64.2 Å². The number of rotatable bonds is 5. The Morgan fingerprint density at radius 1 is 1.15 bits per heavy atom. The summed E-state index contributed by atoms with van der Waals surface area (Å²) in [6.45, 7) is 2.03. The van der Waals surface area contributed by atoms with Crippen LogP contribution in [0.3, 0.4) is 0 Å². The van der Waals surface area contributed by atoms with Gasteiger partial charge in [-0.1, -0.05) is 41.9 Å². The van der Waals surface area contributed by atoms with E-state index < -0.39 is 0 Å². The summed E-state index contributed by atoms with van der Waals surface area (Å²) in [4.78, 5) is 0. The lowest BCUT2D eigenvalue weighted by molar-refractivity contribution is 0.414. The first-order chi connectivity index (χ1) is 9.65. The minimum atomic E-state index is 0.204. The van der Waals surface area contributed by atoms with Crippen molar-refractivity contribution >= 4 is 11.6 Å². The monoisotopic (exact) mass is 289 g/mol. The lowest BCUT2D eigenvalue weighted by atomic mass is 9.97. The van der Waals surface area contributed by atoms with Gasteiger partial charge in [0.25, 0.3) is 0 Å². The molecule has 0 bridgehead atoms. The van der Waals surface area contributed by atoms with Gasteiger partial charge in [0.1, 0.15) is 5.75 Å². The molecular formula is C17H20ClNO. The van der Waals surface area contributed by atoms with Crippen molar-refractivity contribution < 1.29 is 4.74 Å². The van der Waals surface area contributed by atoms with Crippen molar-refractivity contribution in [2.75, 3.05) is 14.2 Å². The molecule has 0 aliphatic carbocycles. The Kier molecular flexibility index (Phi) is 5.05. The third kappa shape index (κ3) is 3.33. The Balaban J connectivity index is 2.21. The second-order valence-corrected chi connectivity index (χ2v) is 5.25. The number of nitrogens with one attached hydrogen (secondary N) is 1. The molecular weight excluding hydrogens is 270 g/mol. The number of likely N-dealkylation sites (N-methyl/N-ethyl adjacent to an activating group) is 1. The average molecular weight is 290 g/mol. The number of benzene rings is 2. The molecule has 2 nitrogen and oxygen atoms in total. The Morgan fingerprint density at radius 2 is 1.85 bits per heavy atom. The summed E-state index contributed by atoms with van der Waals surface area (Å²) in [6, 6.07) is 14.5. The summed E-state index contributed by atoms with van der Waals surface area (Å²) in [5.74, 6) is 0.878. The van der Waals surface area contributed by atoms with E-state index in [9.17, 15) is 0 Å². The first-order valence-corrected chi connectivity index (χ1v) is 7.08. The van der Waals surface area contributed by atoms with Crippen molar-refractivity contribution in [3.63, 3.8) is 0 Å². The number of hydrogen-bond donors (Lipinski definition) is 1. The van der Waals surface area contributed by atoms with Gasteiger partial charge in [-0.2, -0.15) is 0 Å². The molecule has 0 saturated carbocycles. The highest BCUT2D eigenvalue weighted by atomic mass is 35.5. The normalized spacial score (nSPS) is 12.2. The highest BCUT2D eigenvalue weighted by Crippen LogP contribution is 2.28. The Hall–Kier alpha value is -1.51. The minimum absolute atomic E-state index is 0.204. The van der Waals surface area contributed by atoms with Gasteiger partial charge in [-0.15, -0.1) is 0 Å². The molecule has 3 heteroatoms. The quantitative estimate of drug-likeness (QED) is 0.892. The average Bonchev–Trinajstić information content (AvgIpc) is 2.48. The van der Waals surface area contributed by atoms with Crippen LogP contribution in [-0.2, 0) is 6.42 Å². The third-order valence-electron chi connectivity index (χ3n) is 3.54. The van der Waals surface area contributed by atoms with E-state index in [-0.39, 0.29) is 6.04 Å². The van der Waals surface area contributed by atoms with E-state index in [0.29, 0.717) is 0 Å². The molecule has 0 spiro atoms. The minimum Gasteiger partial charge on any atom is -0.497 e. The first kappa shape index (κ1) is 14.9. The van der Waals surface area contributed by atoms with Gasteiger partial charge in [-0.25, -0.2) is 0 Å². The zero-order chi connectivity index (χ0) is 14.5. The van der Waals surface area contributed by atoms with E-state index in [2.05, 4.69) is 29.6 Å². The smallest absolute Gasteiger partial charge is 0.118 e. The molecule has 2 aromatic carbocycles. The molecule has 0 aliphatic heterocycles. The molecule has 0 aromatic heterocycles. The number of methoxy groups -OCH3 is 1. The van der Waals surface area contributed by atoms with Crippen molar-refractivity contribution in [1.29, 1.82) is 0 Å². The van der Waals surface area contributed by atoms with Crippen LogP contribution in [0.2, 0.25) is 5.02 Å². The van der Waals surface area contributed by atoms with Crippen LogP contribution in [0.15, 0.2) is 42.5 Å². The molecule has 0 aliphatic rings. The zero-order valence-electron chi connectivity index (χ0n) is 12.1. The largest absolute Gasteiger partial charge is 0.497 e. The number of ether oxygens (including phenoxy) is 1. The predicted octanol–water partition coefficient (Wildman–Crippen LogP) is 4.16. The summed E-state index contributed by atoms with van der Waals surface area (Å²) in [7, 11) is 3.64. The Bertz CT molecular complexity index is 566. The van der Waals surface area contributed by atoms with Crippen molar-refractivity contribution in [1.82, 2.24) is 5.32 Å². The maximum absolute atomic E-state index is 6.42. The van der Waals surface area contributed by atoms with Crippen LogP contribution in [0.1, 0.15) is 22.7 Å². The van der Waals surface area contributed by atoms with E-state index in [4.69, 9.17) is 16.3 Å². The summed E-state index contributed by atoms with van der Waals surface area (Å²) in [5, 5.41) is 4.20. The molecule has 0 fully saturated rings. The van der Waals surface area contributed by atoms with Gasteiger partial charge >= 0.3 is 0 Å². The molecule has 2 aromatic rings. The van der Waals surface area contributed by atoms with Crippen LogP contribution in [0, 0.1) is 6.92 Å². The fraction of sp³-hybridized carbons (Fsp3) is 0.294. The molecule has 1 atom stereocenters. The molecule has 20 heavy (non-hydrogen) atoms. The van der Waals surface area contributed by atoms with E-state index in [1.54, 1.807) is 7.11 Å². The molecule has 0 saturated heterocycles. The van der Waals surface area contributed by atoms with Crippen molar-refractivity contribution in [2.45, 2.75) is 19.4 Å². The van der Waals surface area contributed by atoms with Gasteiger partial charge in [0.15, 0.2) is 0 Å². The number of halogens is 1. The van der Waals surface area contributed by atoms with Crippen LogP contribution in [0.25, 0.3) is 0 Å². The molecule has 1 unspecified atom stereocenters. The molecule has 0 radical (unpaired) electrons. The van der Waals surface area contributed by atoms with Crippen molar-refractivity contribution in [3.8, 4) is 5.75 Å². The van der Waals surface area contributed by atoms with Crippen LogP contribution < -0.4 is 10.1 Å². The molecule has 0 amide bonds. The fourth-order valence-corrected chi connectivity index (χ4v) is 2.56. The molecule has 2 rings (SSSR count). The standard InChI is InChI=1S/C17H20ClNO/c1-12-5-4-6-15(17(12)18)16(19-2)11-13-7-9-14(20-3)10-8-13/h4-10,16,19H,11H2,1-3H3. The first-order valence-electron chi connectivity index (χ1n) is 6.71. The van der Waals surface area contributed by atoms with E-state index in [1.807, 2.05) is 32.2 Å². The Morgan fingerprint density at radius 3 is 2.45 bits per heavy atom. The van der Waals surface area contributed by atoms with Crippen molar-refractivity contribution in [2.24, 2.45) is 0 Å². The second-order valence-electron chi connectivity index (χ2n) is 4.87. The van der Waals surface area contributed by atoms with E-state index in [0.717, 1.165) is 28.3 Å². The van der Waals surface area contributed by atoms with Crippen LogP contribution >= 0.6 is 11.6 Å². The van der Waals surface area contributed by atoms with E-state index >= 15 is 0 Å². The lowest BCUT2D eigenvalue weighted by Gasteiger charge is -2.19. The molecule has 1 N–H and O–H groups in total. The summed E-state index contributed by atoms with van der Waals surface area (Å²) < 4.78 is 5.18. The van der Waals surface area contributed by atoms with Crippen LogP contribution in [0.5, 0.6) is 5.75 Å². The fourth-order valence-electron chi connectivity index (χ4n) is 2.30. The predicted molar refractivity (Wildman–Crippen MR) is 84.7 cm³/mol. The maximum Gasteiger partial charge on any atom is 0.118 e. The molecule has 106 valence electrons. The SMILES string of the molecule is CNC(Cc1ccc(OC)cc1)c1cccc(C)c1Cl. The third-order valence-corrected chi connectivity index (χ3v) is 4.06. The van der Waals surface area contributed by atoms with Crippen LogP contribution in [-0.4, -0.2) is 14.2 Å². The van der Waals surface area contributed by atoms with Crippen LogP contribution in [0.4, 0.5) is 0 Å². The summed E-state index contributed by atoms with van der Waals surface area (Å²) in [6.07, 6.45) is 0.893. The number of aryl methyl sites for hydroxylation is 1. The van der Waals surface area contributed by atoms with Gasteiger partial charge in [0, 0.05) is 11.1 Å². The number of hydrogen-bond acceptors (Lipinski definition) is 2. The Labute approximate surface area is 125 Å². The zero-order valence-corrected chi connectivity index (χ0v) is 12.9. The summed E-state index contributed by atoms with van der Waals surface area (Å²) >= 11 is 6.42. The highest BCUT2D eigenvalue weighted by molar-refractivity contribution is 6.32. The van der Waals surface area contributed by atoms with Gasteiger partial charge in [-0.3, -0.25) is 0 Å². The van der Waals surface area contributed by atoms with Gasteiger partial charge in [-0.05, 0) is 49.2 Å². The van der Waals surface area contributed by atoms with Gasteiger partial charge in [0.2, 0.25) is 0 Å². The van der Waals surface area contributed by atoms with Gasteiger partial charge < -0.3 is 10.1 Å².